The van der Waals surface area contributed by atoms with Crippen LogP contribution in [0.15, 0.2) is 29.4 Å². The molecule has 0 aliphatic heterocycles. The number of nitrogens with zero attached hydrogens (tertiary/aromatic N) is 1. The van der Waals surface area contributed by atoms with Crippen LogP contribution in [0, 0.1) is 6.92 Å². The predicted molar refractivity (Wildman–Crippen MR) is 80.2 cm³/mol. The smallest absolute Gasteiger partial charge is 0.286 e. The second-order valence-electron chi connectivity index (χ2n) is 6.14. The Morgan fingerprint density at radius 2 is 1.78 bits per heavy atom. The molecule has 1 rings (SSSR count). The van der Waals surface area contributed by atoms with E-state index in [1.165, 1.54) is 0 Å². The van der Waals surface area contributed by atoms with Crippen molar-refractivity contribution >= 4 is 14.2 Å². The Kier molecular flexibility index (Phi) is 4.22. The van der Waals surface area contributed by atoms with Crippen molar-refractivity contribution in [2.45, 2.75) is 45.8 Å². The van der Waals surface area contributed by atoms with Crippen LogP contribution in [0.5, 0.6) is 0 Å². The Bertz CT molecular complexity index is 447. The lowest BCUT2D eigenvalue weighted by atomic mass is 10.1. The molecule has 0 saturated heterocycles. The van der Waals surface area contributed by atoms with Crippen LogP contribution in [-0.2, 0) is 4.53 Å². The molecule has 100 valence electrons. The van der Waals surface area contributed by atoms with Gasteiger partial charge in [-0.25, -0.2) is 0 Å². The average molecular weight is 264 g/mol. The average Bonchev–Trinajstić information content (AvgIpc) is 2.25. The molecule has 0 aliphatic rings. The van der Waals surface area contributed by atoms with Gasteiger partial charge in [-0.3, -0.25) is 0 Å². The van der Waals surface area contributed by atoms with Crippen molar-refractivity contribution in [2.75, 3.05) is 0 Å². The summed E-state index contributed by atoms with van der Waals surface area (Å²) in [6.07, 6.45) is 0. The highest BCUT2D eigenvalue weighted by molar-refractivity contribution is 6.74. The van der Waals surface area contributed by atoms with Crippen molar-refractivity contribution in [1.82, 2.24) is 0 Å². The number of rotatable bonds is 3. The number of oxime groups is 1. The van der Waals surface area contributed by atoms with Crippen LogP contribution in [0.3, 0.4) is 0 Å². The van der Waals surface area contributed by atoms with Crippen LogP contribution in [0.25, 0.3) is 0 Å². The maximum Gasteiger partial charge on any atom is 0.286 e. The molecule has 0 heterocycles. The number of amidine groups is 1. The molecule has 0 spiro atoms. The van der Waals surface area contributed by atoms with Crippen molar-refractivity contribution in [2.24, 2.45) is 10.9 Å². The largest absolute Gasteiger partial charge is 0.453 e. The molecule has 0 aliphatic carbocycles. The minimum Gasteiger partial charge on any atom is -0.453 e. The zero-order valence-electron chi connectivity index (χ0n) is 12.2. The van der Waals surface area contributed by atoms with Gasteiger partial charge in [-0.1, -0.05) is 50.2 Å². The summed E-state index contributed by atoms with van der Waals surface area (Å²) in [6, 6.07) is 7.92. The highest BCUT2D eigenvalue weighted by Gasteiger charge is 2.39. The predicted octanol–water partition coefficient (Wildman–Crippen LogP) is 3.64. The Labute approximate surface area is 111 Å². The van der Waals surface area contributed by atoms with Crippen molar-refractivity contribution < 1.29 is 4.53 Å². The summed E-state index contributed by atoms with van der Waals surface area (Å²) < 4.78 is 5.77. The standard InChI is InChI=1S/C14H24N2OSi/c1-11-9-7-8-10-12(11)13(15)16-17-18(5,6)14(2,3)4/h7-10H,1-6H3,(H2,15,16). The monoisotopic (exact) mass is 264 g/mol. The van der Waals surface area contributed by atoms with E-state index in [9.17, 15) is 0 Å². The molecule has 2 N–H and O–H groups in total. The molecule has 4 heteroatoms. The maximum absolute atomic E-state index is 5.99. The van der Waals surface area contributed by atoms with Gasteiger partial charge in [0, 0.05) is 5.56 Å². The molecule has 1 aromatic carbocycles. The van der Waals surface area contributed by atoms with Gasteiger partial charge in [0.1, 0.15) is 0 Å². The lowest BCUT2D eigenvalue weighted by molar-refractivity contribution is 0.307. The molecule has 0 saturated carbocycles. The van der Waals surface area contributed by atoms with Crippen molar-refractivity contribution in [3.05, 3.63) is 35.4 Å². The molecule has 0 fully saturated rings. The summed E-state index contributed by atoms with van der Waals surface area (Å²) >= 11 is 0. The first-order chi connectivity index (χ1) is 8.15. The molecule has 1 aromatic rings. The summed E-state index contributed by atoms with van der Waals surface area (Å²) in [5.74, 6) is 0.456. The fourth-order valence-corrected chi connectivity index (χ4v) is 1.81. The van der Waals surface area contributed by atoms with Gasteiger partial charge in [0.05, 0.1) is 0 Å². The first kappa shape index (κ1) is 14.8. The first-order valence-electron chi connectivity index (χ1n) is 6.23. The number of hydrogen-bond acceptors (Lipinski definition) is 2. The van der Waals surface area contributed by atoms with Crippen molar-refractivity contribution in [3.63, 3.8) is 0 Å². The number of nitrogens with two attached hydrogens (primary N) is 1. The van der Waals surface area contributed by atoms with Gasteiger partial charge >= 0.3 is 0 Å². The second-order valence-corrected chi connectivity index (χ2v) is 10.8. The molecule has 0 atom stereocenters. The fourth-order valence-electron chi connectivity index (χ4n) is 1.21. The molecule has 18 heavy (non-hydrogen) atoms. The van der Waals surface area contributed by atoms with E-state index >= 15 is 0 Å². The van der Waals surface area contributed by atoms with Gasteiger partial charge in [-0.05, 0) is 30.6 Å². The SMILES string of the molecule is Cc1ccccc1/C(N)=N/O[Si](C)(C)C(C)(C)C. The molecule has 0 amide bonds. The third-order valence-electron chi connectivity index (χ3n) is 3.60. The second kappa shape index (κ2) is 5.14. The highest BCUT2D eigenvalue weighted by Crippen LogP contribution is 2.36. The maximum atomic E-state index is 5.99. The van der Waals surface area contributed by atoms with E-state index < -0.39 is 8.32 Å². The molecule has 0 unspecified atom stereocenters. The van der Waals surface area contributed by atoms with E-state index in [4.69, 9.17) is 10.3 Å². The third-order valence-corrected chi connectivity index (χ3v) is 7.76. The normalized spacial score (nSPS) is 13.6. The quantitative estimate of drug-likeness (QED) is 0.392. The Morgan fingerprint density at radius 3 is 2.28 bits per heavy atom. The molecule has 0 bridgehead atoms. The van der Waals surface area contributed by atoms with Gasteiger partial charge in [0.2, 0.25) is 0 Å². The molecule has 0 aromatic heterocycles. The Hall–Kier alpha value is -1.29. The van der Waals surface area contributed by atoms with Crippen LogP contribution in [0.1, 0.15) is 31.9 Å². The lowest BCUT2D eigenvalue weighted by Gasteiger charge is -2.33. The molecular weight excluding hydrogens is 240 g/mol. The summed E-state index contributed by atoms with van der Waals surface area (Å²) in [6.45, 7) is 12.9. The minimum absolute atomic E-state index is 0.127. The van der Waals surface area contributed by atoms with E-state index in [1.54, 1.807) is 0 Å². The van der Waals surface area contributed by atoms with E-state index in [0.717, 1.165) is 11.1 Å². The van der Waals surface area contributed by atoms with Crippen molar-refractivity contribution in [1.29, 1.82) is 0 Å². The highest BCUT2D eigenvalue weighted by atomic mass is 28.4. The summed E-state index contributed by atoms with van der Waals surface area (Å²) in [7, 11) is -1.89. The van der Waals surface area contributed by atoms with Crippen LogP contribution < -0.4 is 5.73 Å². The van der Waals surface area contributed by atoms with Crippen molar-refractivity contribution in [3.8, 4) is 0 Å². The van der Waals surface area contributed by atoms with Gasteiger partial charge in [0.25, 0.3) is 8.32 Å². The zero-order valence-corrected chi connectivity index (χ0v) is 13.2. The van der Waals surface area contributed by atoms with E-state index in [0.29, 0.717) is 5.84 Å². The Balaban J connectivity index is 2.90. The van der Waals surface area contributed by atoms with E-state index in [2.05, 4.69) is 39.0 Å². The molecular formula is C14H24N2OSi. The van der Waals surface area contributed by atoms with Crippen LogP contribution in [-0.4, -0.2) is 14.2 Å². The lowest BCUT2D eigenvalue weighted by Crippen LogP contribution is -2.39. The van der Waals surface area contributed by atoms with Gasteiger partial charge in [-0.15, -0.1) is 0 Å². The summed E-state index contributed by atoms with van der Waals surface area (Å²) in [5, 5.41) is 4.28. The summed E-state index contributed by atoms with van der Waals surface area (Å²) in [5.41, 5.74) is 8.04. The topological polar surface area (TPSA) is 47.6 Å². The third kappa shape index (κ3) is 3.35. The Morgan fingerprint density at radius 1 is 1.22 bits per heavy atom. The van der Waals surface area contributed by atoms with Gasteiger partial charge < -0.3 is 10.3 Å². The number of benzene rings is 1. The molecule has 3 nitrogen and oxygen atoms in total. The number of hydrogen-bond donors (Lipinski definition) is 1. The minimum atomic E-state index is -1.89. The molecule has 0 radical (unpaired) electrons. The fraction of sp³-hybridized carbons (Fsp3) is 0.500. The summed E-state index contributed by atoms with van der Waals surface area (Å²) in [4.78, 5) is 0. The van der Waals surface area contributed by atoms with Gasteiger partial charge in [0.15, 0.2) is 5.84 Å². The number of aryl methyl sites for hydroxylation is 1. The van der Waals surface area contributed by atoms with Crippen LogP contribution in [0.2, 0.25) is 18.1 Å². The van der Waals surface area contributed by atoms with Crippen LogP contribution in [0.4, 0.5) is 0 Å². The van der Waals surface area contributed by atoms with E-state index in [-0.39, 0.29) is 5.04 Å². The first-order valence-corrected chi connectivity index (χ1v) is 9.13. The van der Waals surface area contributed by atoms with Crippen LogP contribution >= 0.6 is 0 Å². The van der Waals surface area contributed by atoms with Gasteiger partial charge in [-0.2, -0.15) is 0 Å². The zero-order chi connectivity index (χ0) is 14.0. The van der Waals surface area contributed by atoms with E-state index in [1.807, 2.05) is 31.2 Å².